The van der Waals surface area contributed by atoms with Crippen molar-refractivity contribution in [1.29, 1.82) is 0 Å². The second-order valence-electron chi connectivity index (χ2n) is 4.30. The smallest absolute Gasteiger partial charge is 0.469 e. The third-order valence-electron chi connectivity index (χ3n) is 2.75. The lowest BCUT2D eigenvalue weighted by molar-refractivity contribution is -0.304. The molecule has 0 spiro atoms. The summed E-state index contributed by atoms with van der Waals surface area (Å²) in [5.41, 5.74) is 5.14. The lowest BCUT2D eigenvalue weighted by Gasteiger charge is -2.42. The summed E-state index contributed by atoms with van der Waals surface area (Å²) in [6.07, 6.45) is -7.76. The van der Waals surface area contributed by atoms with Gasteiger partial charge in [0.25, 0.3) is 5.79 Å². The number of phosphoric ester groups is 1. The molecule has 1 aliphatic heterocycles. The Kier molecular flexibility index (Phi) is 5.24. The average molecular weight is 317 g/mol. The van der Waals surface area contributed by atoms with E-state index < -0.39 is 57.0 Å². The molecule has 0 aliphatic carbocycles. The maximum Gasteiger partial charge on any atom is 0.469 e. The second-order valence-corrected chi connectivity index (χ2v) is 5.50. The minimum Gasteiger partial charge on any atom is -0.477 e. The van der Waals surface area contributed by atoms with E-state index >= 15 is 0 Å². The lowest BCUT2D eigenvalue weighted by atomic mass is 9.92. The van der Waals surface area contributed by atoms with E-state index in [1.807, 2.05) is 0 Å². The molecular weight excluding hydrogens is 301 g/mol. The summed E-state index contributed by atoms with van der Waals surface area (Å²) in [7, 11) is -5.06. The number of nitrogens with two attached hydrogens (primary N) is 1. The first-order valence-electron chi connectivity index (χ1n) is 5.44. The summed E-state index contributed by atoms with van der Waals surface area (Å²) in [6, 6.07) is 0. The average Bonchev–Trinajstić information content (AvgIpc) is 2.30. The number of hydrogen-bond acceptors (Lipinski definition) is 8. The highest BCUT2D eigenvalue weighted by Gasteiger charge is 2.54. The predicted octanol–water partition coefficient (Wildman–Crippen LogP) is -3.29. The first-order chi connectivity index (χ1) is 9.00. The van der Waals surface area contributed by atoms with Crippen LogP contribution in [0.25, 0.3) is 0 Å². The zero-order valence-electron chi connectivity index (χ0n) is 10.1. The molecular formula is C8H16NO10P. The molecule has 12 heteroatoms. The van der Waals surface area contributed by atoms with Crippen molar-refractivity contribution in [1.82, 2.24) is 0 Å². The third-order valence-corrected chi connectivity index (χ3v) is 3.30. The van der Waals surface area contributed by atoms with E-state index in [9.17, 15) is 24.7 Å². The summed E-state index contributed by atoms with van der Waals surface area (Å²) in [6.45, 7) is -0.444. The van der Waals surface area contributed by atoms with E-state index in [0.29, 0.717) is 0 Å². The van der Waals surface area contributed by atoms with Gasteiger partial charge in [-0.15, -0.1) is 0 Å². The molecule has 1 aliphatic rings. The molecule has 0 aromatic carbocycles. The number of aliphatic carboxylic acids is 1. The molecule has 1 saturated heterocycles. The Balaban J connectivity index is 3.05. The normalized spacial score (nSPS) is 36.6. The molecule has 0 bridgehead atoms. The molecule has 11 nitrogen and oxygen atoms in total. The molecule has 5 atom stereocenters. The van der Waals surface area contributed by atoms with Crippen LogP contribution in [0.2, 0.25) is 0 Å². The molecule has 0 radical (unpaired) electrons. The van der Waals surface area contributed by atoms with Crippen molar-refractivity contribution in [2.24, 2.45) is 5.73 Å². The fraction of sp³-hybridized carbons (Fsp3) is 0.875. The van der Waals surface area contributed by atoms with Gasteiger partial charge in [0.1, 0.15) is 18.3 Å². The Bertz CT molecular complexity index is 412. The Labute approximate surface area is 112 Å². The van der Waals surface area contributed by atoms with Gasteiger partial charge in [0.05, 0.1) is 6.10 Å². The van der Waals surface area contributed by atoms with E-state index in [1.165, 1.54) is 0 Å². The fourth-order valence-electron chi connectivity index (χ4n) is 1.80. The quantitative estimate of drug-likeness (QED) is 0.250. The van der Waals surface area contributed by atoms with Crippen molar-refractivity contribution >= 4 is 13.8 Å². The molecule has 0 aromatic heterocycles. The Hall–Kier alpha value is -0.620. The van der Waals surface area contributed by atoms with E-state index in [0.717, 1.165) is 0 Å². The number of phosphoric acid groups is 1. The zero-order valence-corrected chi connectivity index (χ0v) is 11.0. The summed E-state index contributed by atoms with van der Waals surface area (Å²) < 4.78 is 19.7. The molecule has 0 amide bonds. The van der Waals surface area contributed by atoms with Gasteiger partial charge in [-0.25, -0.2) is 9.36 Å². The van der Waals surface area contributed by atoms with Gasteiger partial charge in [-0.2, -0.15) is 0 Å². The maximum absolute atomic E-state index is 10.9. The van der Waals surface area contributed by atoms with E-state index in [2.05, 4.69) is 9.26 Å². The van der Waals surface area contributed by atoms with Crippen molar-refractivity contribution in [2.75, 3.05) is 6.54 Å². The summed E-state index contributed by atoms with van der Waals surface area (Å²) in [5, 5.41) is 37.9. The first kappa shape index (κ1) is 17.4. The van der Waals surface area contributed by atoms with Crippen molar-refractivity contribution in [3.8, 4) is 0 Å². The standard InChI is InChI=1S/C8H16NO10P/c9-2-3(10)6-5(11)4(19-20(15,16)17)1-8(14,18-6)7(12)13/h3-6,10-11,14H,1-2,9H2,(H,12,13)(H2,15,16,17)/t3-,4-,5-,6-,8-/m1/s1. The van der Waals surface area contributed by atoms with Crippen LogP contribution in [-0.4, -0.2) is 72.9 Å². The van der Waals surface area contributed by atoms with Crippen LogP contribution in [0.15, 0.2) is 0 Å². The highest BCUT2D eigenvalue weighted by Crippen LogP contribution is 2.43. The molecule has 20 heavy (non-hydrogen) atoms. The van der Waals surface area contributed by atoms with Crippen molar-refractivity contribution < 1.29 is 48.8 Å². The largest absolute Gasteiger partial charge is 0.477 e. The Morgan fingerprint density at radius 2 is 2.10 bits per heavy atom. The number of carbonyl (C=O) groups is 1. The number of hydrogen-bond donors (Lipinski definition) is 7. The first-order valence-corrected chi connectivity index (χ1v) is 6.97. The predicted molar refractivity (Wildman–Crippen MR) is 60.1 cm³/mol. The Morgan fingerprint density at radius 1 is 1.55 bits per heavy atom. The van der Waals surface area contributed by atoms with Crippen LogP contribution in [0.4, 0.5) is 0 Å². The van der Waals surface area contributed by atoms with Gasteiger partial charge in [-0.1, -0.05) is 0 Å². The molecule has 8 N–H and O–H groups in total. The van der Waals surface area contributed by atoms with E-state index in [4.69, 9.17) is 20.6 Å². The highest BCUT2D eigenvalue weighted by molar-refractivity contribution is 7.46. The zero-order chi connectivity index (χ0) is 15.7. The SMILES string of the molecule is NC[C@@H](O)[C@H]1O[C@@](O)(C(=O)O)C[C@@H](OP(=O)(O)O)[C@H]1O. The molecule has 118 valence electrons. The summed E-state index contributed by atoms with van der Waals surface area (Å²) >= 11 is 0. The molecule has 0 saturated carbocycles. The van der Waals surface area contributed by atoms with Crippen LogP contribution >= 0.6 is 7.82 Å². The van der Waals surface area contributed by atoms with Gasteiger partial charge in [0, 0.05) is 13.0 Å². The molecule has 1 rings (SSSR count). The monoisotopic (exact) mass is 317 g/mol. The maximum atomic E-state index is 10.9. The topological polar surface area (TPSA) is 200 Å². The van der Waals surface area contributed by atoms with Crippen LogP contribution in [0, 0.1) is 0 Å². The van der Waals surface area contributed by atoms with E-state index in [-0.39, 0.29) is 0 Å². The number of ether oxygens (including phenoxy) is 1. The van der Waals surface area contributed by atoms with Crippen LogP contribution in [-0.2, 0) is 18.6 Å². The number of aliphatic hydroxyl groups is 3. The summed E-state index contributed by atoms with van der Waals surface area (Å²) in [4.78, 5) is 28.3. The number of carboxylic acid groups (broad SMARTS) is 1. The second kappa shape index (κ2) is 6.02. The van der Waals surface area contributed by atoms with Crippen LogP contribution in [0.5, 0.6) is 0 Å². The highest BCUT2D eigenvalue weighted by atomic mass is 31.2. The minimum absolute atomic E-state index is 0.444. The van der Waals surface area contributed by atoms with Gasteiger partial charge in [-0.05, 0) is 0 Å². The summed E-state index contributed by atoms with van der Waals surface area (Å²) in [5.74, 6) is -4.74. The molecule has 0 unspecified atom stereocenters. The third kappa shape index (κ3) is 3.95. The number of rotatable bonds is 5. The van der Waals surface area contributed by atoms with Crippen molar-refractivity contribution in [2.45, 2.75) is 36.6 Å². The number of carboxylic acids is 1. The van der Waals surface area contributed by atoms with Crippen molar-refractivity contribution in [3.05, 3.63) is 0 Å². The van der Waals surface area contributed by atoms with Gasteiger partial charge >= 0.3 is 13.8 Å². The van der Waals surface area contributed by atoms with Crippen molar-refractivity contribution in [3.63, 3.8) is 0 Å². The van der Waals surface area contributed by atoms with Gasteiger partial charge in [-0.3, -0.25) is 4.52 Å². The van der Waals surface area contributed by atoms with Crippen LogP contribution < -0.4 is 5.73 Å². The van der Waals surface area contributed by atoms with Gasteiger partial charge < -0.3 is 40.7 Å². The molecule has 1 heterocycles. The van der Waals surface area contributed by atoms with Gasteiger partial charge in [0.2, 0.25) is 0 Å². The van der Waals surface area contributed by atoms with Crippen LogP contribution in [0.1, 0.15) is 6.42 Å². The van der Waals surface area contributed by atoms with Crippen LogP contribution in [0.3, 0.4) is 0 Å². The minimum atomic E-state index is -5.06. The molecule has 0 aromatic rings. The molecule has 1 fully saturated rings. The lowest BCUT2D eigenvalue weighted by Crippen LogP contribution is -2.62. The van der Waals surface area contributed by atoms with Gasteiger partial charge in [0.15, 0.2) is 0 Å². The fourth-order valence-corrected chi connectivity index (χ4v) is 2.35. The van der Waals surface area contributed by atoms with E-state index in [1.54, 1.807) is 0 Å². The number of aliphatic hydroxyl groups excluding tert-OH is 2. The Morgan fingerprint density at radius 3 is 2.50 bits per heavy atom.